The van der Waals surface area contributed by atoms with E-state index in [0.717, 1.165) is 21.8 Å². The zero-order chi connectivity index (χ0) is 14.5. The van der Waals surface area contributed by atoms with Crippen LogP contribution in [0.3, 0.4) is 0 Å². The van der Waals surface area contributed by atoms with Gasteiger partial charge in [-0.1, -0.05) is 35.9 Å². The van der Waals surface area contributed by atoms with Crippen LogP contribution in [-0.2, 0) is 10.8 Å². The molecule has 0 heterocycles. The van der Waals surface area contributed by atoms with Crippen LogP contribution in [0.15, 0.2) is 53.4 Å². The van der Waals surface area contributed by atoms with Gasteiger partial charge in [0.2, 0.25) is 0 Å². The quantitative estimate of drug-likeness (QED) is 0.921. The van der Waals surface area contributed by atoms with Gasteiger partial charge in [-0.05, 0) is 25.1 Å². The standard InChI is InChI=1S/C16H19NO2S/c1-12-7-9-13(10-8-12)20(18)11-15(17)14-5-3-4-6-16(14)19-2/h3-10,15H,11,17H2,1-2H3. The Kier molecular flexibility index (Phi) is 4.93. The van der Waals surface area contributed by atoms with Crippen molar-refractivity contribution in [3.05, 3.63) is 59.7 Å². The van der Waals surface area contributed by atoms with E-state index in [4.69, 9.17) is 10.5 Å². The molecule has 2 aromatic carbocycles. The molecule has 0 aliphatic rings. The molecule has 2 N–H and O–H groups in total. The SMILES string of the molecule is COc1ccccc1C(N)CS(=O)c1ccc(C)cc1. The summed E-state index contributed by atoms with van der Waals surface area (Å²) in [6.07, 6.45) is 0. The lowest BCUT2D eigenvalue weighted by Crippen LogP contribution is -2.19. The first-order valence-corrected chi connectivity index (χ1v) is 7.77. The van der Waals surface area contributed by atoms with Crippen LogP contribution in [0.1, 0.15) is 17.2 Å². The van der Waals surface area contributed by atoms with E-state index in [1.807, 2.05) is 55.5 Å². The first kappa shape index (κ1) is 14.8. The highest BCUT2D eigenvalue weighted by molar-refractivity contribution is 7.85. The fourth-order valence-electron chi connectivity index (χ4n) is 2.01. The van der Waals surface area contributed by atoms with Crippen molar-refractivity contribution < 1.29 is 8.95 Å². The molecule has 0 radical (unpaired) electrons. The number of methoxy groups -OCH3 is 1. The maximum absolute atomic E-state index is 12.3. The van der Waals surface area contributed by atoms with Gasteiger partial charge in [-0.3, -0.25) is 4.21 Å². The maximum atomic E-state index is 12.3. The average molecular weight is 289 g/mol. The normalized spacial score (nSPS) is 13.8. The lowest BCUT2D eigenvalue weighted by molar-refractivity contribution is 0.407. The van der Waals surface area contributed by atoms with Crippen molar-refractivity contribution in [2.45, 2.75) is 17.9 Å². The van der Waals surface area contributed by atoms with Gasteiger partial charge in [0.15, 0.2) is 0 Å². The second kappa shape index (κ2) is 6.68. The summed E-state index contributed by atoms with van der Waals surface area (Å²) in [6, 6.07) is 15.0. The number of para-hydroxylation sites is 1. The minimum Gasteiger partial charge on any atom is -0.496 e. The number of aryl methyl sites for hydroxylation is 1. The zero-order valence-electron chi connectivity index (χ0n) is 11.7. The predicted octanol–water partition coefficient (Wildman–Crippen LogP) is 2.81. The second-order valence-corrected chi connectivity index (χ2v) is 6.17. The van der Waals surface area contributed by atoms with Gasteiger partial charge < -0.3 is 10.5 Å². The number of benzene rings is 2. The summed E-state index contributed by atoms with van der Waals surface area (Å²) in [7, 11) is 0.501. The molecule has 0 saturated heterocycles. The molecule has 3 nitrogen and oxygen atoms in total. The third kappa shape index (κ3) is 3.46. The van der Waals surface area contributed by atoms with Gasteiger partial charge >= 0.3 is 0 Å². The number of ether oxygens (including phenoxy) is 1. The molecule has 0 bridgehead atoms. The van der Waals surface area contributed by atoms with Gasteiger partial charge in [0, 0.05) is 22.3 Å². The largest absolute Gasteiger partial charge is 0.496 e. The van der Waals surface area contributed by atoms with E-state index in [9.17, 15) is 4.21 Å². The van der Waals surface area contributed by atoms with E-state index >= 15 is 0 Å². The molecule has 2 aromatic rings. The molecule has 0 fully saturated rings. The third-order valence-corrected chi connectivity index (χ3v) is 4.61. The van der Waals surface area contributed by atoms with Crippen molar-refractivity contribution >= 4 is 10.8 Å². The van der Waals surface area contributed by atoms with E-state index in [-0.39, 0.29) is 6.04 Å². The topological polar surface area (TPSA) is 52.3 Å². The monoisotopic (exact) mass is 289 g/mol. The van der Waals surface area contributed by atoms with E-state index in [0.29, 0.717) is 5.75 Å². The van der Waals surface area contributed by atoms with Crippen molar-refractivity contribution in [3.8, 4) is 5.75 Å². The highest BCUT2D eigenvalue weighted by Crippen LogP contribution is 2.24. The molecule has 0 aliphatic carbocycles. The van der Waals surface area contributed by atoms with E-state index < -0.39 is 10.8 Å². The molecule has 2 rings (SSSR count). The molecule has 0 aliphatic heterocycles. The van der Waals surface area contributed by atoms with Gasteiger partial charge in [-0.15, -0.1) is 0 Å². The predicted molar refractivity (Wildman–Crippen MR) is 82.4 cm³/mol. The summed E-state index contributed by atoms with van der Waals surface area (Å²) in [5.74, 6) is 1.12. The summed E-state index contributed by atoms with van der Waals surface area (Å²) >= 11 is 0. The van der Waals surface area contributed by atoms with E-state index in [1.165, 1.54) is 0 Å². The van der Waals surface area contributed by atoms with E-state index in [2.05, 4.69) is 0 Å². The first-order valence-electron chi connectivity index (χ1n) is 6.45. The number of rotatable bonds is 5. The number of hydrogen-bond donors (Lipinski definition) is 1. The summed E-state index contributed by atoms with van der Waals surface area (Å²) in [5, 5.41) is 0. The molecule has 4 heteroatoms. The van der Waals surface area contributed by atoms with Gasteiger partial charge in [0.25, 0.3) is 0 Å². The Bertz CT molecular complexity index is 596. The van der Waals surface area contributed by atoms with Crippen molar-refractivity contribution in [1.82, 2.24) is 0 Å². The average Bonchev–Trinajstić information content (AvgIpc) is 2.47. The van der Waals surface area contributed by atoms with Crippen LogP contribution in [-0.4, -0.2) is 17.1 Å². The first-order chi connectivity index (χ1) is 9.61. The van der Waals surface area contributed by atoms with Crippen molar-refractivity contribution in [3.63, 3.8) is 0 Å². The Morgan fingerprint density at radius 2 is 1.80 bits per heavy atom. The van der Waals surface area contributed by atoms with Crippen LogP contribution in [0.25, 0.3) is 0 Å². The minimum atomic E-state index is -1.11. The Labute approximate surface area is 122 Å². The van der Waals surface area contributed by atoms with E-state index in [1.54, 1.807) is 7.11 Å². The Balaban J connectivity index is 2.13. The molecular formula is C16H19NO2S. The Morgan fingerprint density at radius 3 is 2.45 bits per heavy atom. The van der Waals surface area contributed by atoms with Crippen LogP contribution < -0.4 is 10.5 Å². The van der Waals surface area contributed by atoms with Crippen molar-refractivity contribution in [2.75, 3.05) is 12.9 Å². The van der Waals surface area contributed by atoms with Crippen LogP contribution in [0.2, 0.25) is 0 Å². The molecule has 2 atom stereocenters. The molecule has 106 valence electrons. The second-order valence-electron chi connectivity index (χ2n) is 4.67. The summed E-state index contributed by atoms with van der Waals surface area (Å²) in [4.78, 5) is 0.806. The minimum absolute atomic E-state index is 0.312. The van der Waals surface area contributed by atoms with Crippen molar-refractivity contribution in [2.24, 2.45) is 5.73 Å². The Morgan fingerprint density at radius 1 is 1.15 bits per heavy atom. The maximum Gasteiger partial charge on any atom is 0.123 e. The van der Waals surface area contributed by atoms with Crippen LogP contribution >= 0.6 is 0 Å². The van der Waals surface area contributed by atoms with Crippen molar-refractivity contribution in [1.29, 1.82) is 0 Å². The number of hydrogen-bond acceptors (Lipinski definition) is 3. The highest BCUT2D eigenvalue weighted by atomic mass is 32.2. The Hall–Kier alpha value is -1.65. The molecule has 0 saturated carbocycles. The molecule has 0 amide bonds. The zero-order valence-corrected chi connectivity index (χ0v) is 12.5. The fraction of sp³-hybridized carbons (Fsp3) is 0.250. The summed E-state index contributed by atoms with van der Waals surface area (Å²) in [5.41, 5.74) is 8.20. The fourth-order valence-corrected chi connectivity index (χ4v) is 3.15. The summed E-state index contributed by atoms with van der Waals surface area (Å²) in [6.45, 7) is 2.01. The van der Waals surface area contributed by atoms with Gasteiger partial charge in [0.1, 0.15) is 5.75 Å². The molecular weight excluding hydrogens is 270 g/mol. The van der Waals surface area contributed by atoms with Gasteiger partial charge in [0.05, 0.1) is 17.9 Å². The lowest BCUT2D eigenvalue weighted by Gasteiger charge is -2.15. The molecule has 20 heavy (non-hydrogen) atoms. The van der Waals surface area contributed by atoms with Crippen LogP contribution in [0.5, 0.6) is 5.75 Å². The highest BCUT2D eigenvalue weighted by Gasteiger charge is 2.15. The number of nitrogens with two attached hydrogens (primary N) is 1. The molecule has 2 unspecified atom stereocenters. The van der Waals surface area contributed by atoms with Crippen LogP contribution in [0, 0.1) is 6.92 Å². The molecule has 0 spiro atoms. The summed E-state index contributed by atoms with van der Waals surface area (Å²) < 4.78 is 17.6. The smallest absolute Gasteiger partial charge is 0.123 e. The lowest BCUT2D eigenvalue weighted by atomic mass is 10.1. The van der Waals surface area contributed by atoms with Gasteiger partial charge in [-0.25, -0.2) is 0 Å². The van der Waals surface area contributed by atoms with Crippen LogP contribution in [0.4, 0.5) is 0 Å². The third-order valence-electron chi connectivity index (χ3n) is 3.15. The molecule has 0 aromatic heterocycles. The van der Waals surface area contributed by atoms with Gasteiger partial charge in [-0.2, -0.15) is 0 Å².